The molecule has 0 radical (unpaired) electrons. The van der Waals surface area contributed by atoms with Crippen molar-refractivity contribution < 1.29 is 22.7 Å². The Morgan fingerprint density at radius 2 is 2.00 bits per heavy atom. The van der Waals surface area contributed by atoms with Crippen molar-refractivity contribution in [2.75, 3.05) is 6.61 Å². The maximum absolute atomic E-state index is 11.5. The summed E-state index contributed by atoms with van der Waals surface area (Å²) in [5.41, 5.74) is 0.0946. The van der Waals surface area contributed by atoms with E-state index in [2.05, 4.69) is 11.3 Å². The van der Waals surface area contributed by atoms with Crippen molar-refractivity contribution in [3.63, 3.8) is 0 Å². The molecule has 0 atom stereocenters. The number of halogens is 3. The lowest BCUT2D eigenvalue weighted by molar-refractivity contribution is -0.156. The summed E-state index contributed by atoms with van der Waals surface area (Å²) in [7, 11) is 0. The van der Waals surface area contributed by atoms with E-state index in [9.17, 15) is 18.0 Å². The van der Waals surface area contributed by atoms with E-state index in [0.717, 1.165) is 0 Å². The highest BCUT2D eigenvalue weighted by molar-refractivity contribution is 5.86. The second-order valence-corrected chi connectivity index (χ2v) is 2.28. The number of rotatable bonds is 3. The standard InChI is InChI=1S/C7H9F3O2/c1-5(2)6(11)12-4-3-7(8,9)10/h1,3-4H2,2H3. The minimum Gasteiger partial charge on any atom is -0.462 e. The van der Waals surface area contributed by atoms with Crippen LogP contribution in [0.5, 0.6) is 0 Å². The Balaban J connectivity index is 3.58. The van der Waals surface area contributed by atoms with Crippen LogP contribution in [0.15, 0.2) is 12.2 Å². The van der Waals surface area contributed by atoms with E-state index in [1.165, 1.54) is 6.92 Å². The van der Waals surface area contributed by atoms with Crippen LogP contribution in [0.2, 0.25) is 0 Å². The largest absolute Gasteiger partial charge is 0.462 e. The van der Waals surface area contributed by atoms with Crippen molar-refractivity contribution in [2.45, 2.75) is 19.5 Å². The van der Waals surface area contributed by atoms with Gasteiger partial charge < -0.3 is 4.74 Å². The van der Waals surface area contributed by atoms with Crippen LogP contribution in [-0.2, 0) is 9.53 Å². The molecule has 0 fully saturated rings. The van der Waals surface area contributed by atoms with E-state index in [1.54, 1.807) is 0 Å². The molecule has 0 aliphatic heterocycles. The molecular formula is C7H9F3O2. The predicted molar refractivity (Wildman–Crippen MR) is 36.4 cm³/mol. The van der Waals surface area contributed by atoms with E-state index >= 15 is 0 Å². The van der Waals surface area contributed by atoms with Crippen LogP contribution in [0.1, 0.15) is 13.3 Å². The minimum atomic E-state index is -4.28. The molecule has 70 valence electrons. The van der Waals surface area contributed by atoms with Gasteiger partial charge in [0.25, 0.3) is 0 Å². The fraction of sp³-hybridized carbons (Fsp3) is 0.571. The fourth-order valence-electron chi connectivity index (χ4n) is 0.383. The first-order valence-corrected chi connectivity index (χ1v) is 3.22. The van der Waals surface area contributed by atoms with Crippen molar-refractivity contribution in [2.24, 2.45) is 0 Å². The zero-order valence-electron chi connectivity index (χ0n) is 6.57. The lowest BCUT2D eigenvalue weighted by atomic mass is 10.3. The predicted octanol–water partition coefficient (Wildman–Crippen LogP) is 2.06. The Morgan fingerprint density at radius 1 is 1.50 bits per heavy atom. The molecular weight excluding hydrogens is 173 g/mol. The summed E-state index contributed by atoms with van der Waals surface area (Å²) >= 11 is 0. The molecule has 0 bridgehead atoms. The van der Waals surface area contributed by atoms with Gasteiger partial charge in [-0.05, 0) is 6.92 Å². The van der Waals surface area contributed by atoms with Gasteiger partial charge in [0.2, 0.25) is 0 Å². The molecule has 12 heavy (non-hydrogen) atoms. The van der Waals surface area contributed by atoms with Gasteiger partial charge in [0.15, 0.2) is 0 Å². The first-order valence-electron chi connectivity index (χ1n) is 3.22. The molecule has 0 aliphatic rings. The molecule has 0 N–H and O–H groups in total. The van der Waals surface area contributed by atoms with Gasteiger partial charge in [-0.25, -0.2) is 4.79 Å². The molecule has 5 heteroatoms. The van der Waals surface area contributed by atoms with Crippen LogP contribution in [0.4, 0.5) is 13.2 Å². The van der Waals surface area contributed by atoms with E-state index < -0.39 is 25.2 Å². The van der Waals surface area contributed by atoms with Gasteiger partial charge in [-0.3, -0.25) is 0 Å². The topological polar surface area (TPSA) is 26.3 Å². The molecule has 0 unspecified atom stereocenters. The molecule has 0 spiro atoms. The van der Waals surface area contributed by atoms with Crippen LogP contribution in [0.25, 0.3) is 0 Å². The lowest BCUT2D eigenvalue weighted by Gasteiger charge is -2.06. The van der Waals surface area contributed by atoms with Gasteiger partial charge in [-0.1, -0.05) is 6.58 Å². The van der Waals surface area contributed by atoms with Crippen molar-refractivity contribution >= 4 is 5.97 Å². The average molecular weight is 182 g/mol. The van der Waals surface area contributed by atoms with Crippen LogP contribution >= 0.6 is 0 Å². The van der Waals surface area contributed by atoms with Gasteiger partial charge in [0.05, 0.1) is 6.42 Å². The molecule has 0 aromatic heterocycles. The Labute approximate surface area is 68.0 Å². The summed E-state index contributed by atoms with van der Waals surface area (Å²) in [6, 6.07) is 0. The Hall–Kier alpha value is -1.00. The van der Waals surface area contributed by atoms with Crippen molar-refractivity contribution in [3.05, 3.63) is 12.2 Å². The van der Waals surface area contributed by atoms with E-state index in [-0.39, 0.29) is 5.57 Å². The van der Waals surface area contributed by atoms with Crippen molar-refractivity contribution in [1.82, 2.24) is 0 Å². The van der Waals surface area contributed by atoms with Gasteiger partial charge in [0, 0.05) is 5.57 Å². The summed E-state index contributed by atoms with van der Waals surface area (Å²) in [4.78, 5) is 10.5. The number of carbonyl (C=O) groups excluding carboxylic acids is 1. The van der Waals surface area contributed by atoms with E-state index in [4.69, 9.17) is 0 Å². The second kappa shape index (κ2) is 4.13. The molecule has 0 aromatic rings. The van der Waals surface area contributed by atoms with Crippen LogP contribution in [0, 0.1) is 0 Å². The molecule has 0 aromatic carbocycles. The zero-order chi connectivity index (χ0) is 9.78. The monoisotopic (exact) mass is 182 g/mol. The Kier molecular flexibility index (Phi) is 3.79. The van der Waals surface area contributed by atoms with Crippen molar-refractivity contribution in [1.29, 1.82) is 0 Å². The Morgan fingerprint density at radius 3 is 2.33 bits per heavy atom. The third kappa shape index (κ3) is 5.76. The summed E-state index contributed by atoms with van der Waals surface area (Å²) in [5, 5.41) is 0. The number of esters is 1. The van der Waals surface area contributed by atoms with E-state index in [0.29, 0.717) is 0 Å². The van der Waals surface area contributed by atoms with Gasteiger partial charge in [-0.2, -0.15) is 13.2 Å². The molecule has 0 saturated heterocycles. The van der Waals surface area contributed by atoms with Crippen molar-refractivity contribution in [3.8, 4) is 0 Å². The van der Waals surface area contributed by atoms with Crippen LogP contribution < -0.4 is 0 Å². The zero-order valence-corrected chi connectivity index (χ0v) is 6.57. The van der Waals surface area contributed by atoms with E-state index in [1.807, 2.05) is 0 Å². The van der Waals surface area contributed by atoms with Crippen LogP contribution in [-0.4, -0.2) is 18.8 Å². The first-order chi connectivity index (χ1) is 5.33. The average Bonchev–Trinajstić information content (AvgIpc) is 1.84. The molecule has 0 aliphatic carbocycles. The lowest BCUT2D eigenvalue weighted by Crippen LogP contribution is -2.14. The molecule has 0 amide bonds. The third-order valence-electron chi connectivity index (χ3n) is 0.967. The number of carbonyl (C=O) groups is 1. The highest BCUT2D eigenvalue weighted by atomic mass is 19.4. The minimum absolute atomic E-state index is 0.0946. The second-order valence-electron chi connectivity index (χ2n) is 2.28. The number of ether oxygens (including phenoxy) is 1. The Bertz CT molecular complexity index is 184. The fourth-order valence-corrected chi connectivity index (χ4v) is 0.383. The molecule has 2 nitrogen and oxygen atoms in total. The van der Waals surface area contributed by atoms with Gasteiger partial charge in [-0.15, -0.1) is 0 Å². The molecule has 0 saturated carbocycles. The molecule has 0 heterocycles. The smallest absolute Gasteiger partial charge is 0.392 e. The summed E-state index contributed by atoms with van der Waals surface area (Å²) in [6.45, 7) is 3.94. The van der Waals surface area contributed by atoms with Gasteiger partial charge >= 0.3 is 12.1 Å². The quantitative estimate of drug-likeness (QED) is 0.493. The summed E-state index contributed by atoms with van der Waals surface area (Å²) < 4.78 is 38.7. The number of hydrogen-bond acceptors (Lipinski definition) is 2. The number of hydrogen-bond donors (Lipinski definition) is 0. The summed E-state index contributed by atoms with van der Waals surface area (Å²) in [5.74, 6) is -0.792. The maximum Gasteiger partial charge on any atom is 0.392 e. The van der Waals surface area contributed by atoms with Gasteiger partial charge in [0.1, 0.15) is 6.61 Å². The third-order valence-corrected chi connectivity index (χ3v) is 0.967. The normalized spacial score (nSPS) is 11.0. The summed E-state index contributed by atoms with van der Waals surface area (Å²) in [6.07, 6.45) is -5.40. The van der Waals surface area contributed by atoms with Crippen LogP contribution in [0.3, 0.4) is 0 Å². The highest BCUT2D eigenvalue weighted by Crippen LogP contribution is 2.19. The number of alkyl halides is 3. The first kappa shape index (κ1) is 11.0. The molecule has 0 rings (SSSR count). The maximum atomic E-state index is 11.5. The highest BCUT2D eigenvalue weighted by Gasteiger charge is 2.27. The SMILES string of the molecule is C=C(C)C(=O)OCCC(F)(F)F.